The van der Waals surface area contributed by atoms with E-state index in [-0.39, 0.29) is 55.1 Å². The third-order valence-corrected chi connectivity index (χ3v) is 2.20. The number of unbranched alkanes of at least 4 members (excludes halogenated alkanes) is 2. The van der Waals surface area contributed by atoms with Gasteiger partial charge in [0.05, 0.1) is 0 Å². The van der Waals surface area contributed by atoms with Crippen LogP contribution in [0.25, 0.3) is 0 Å². The van der Waals surface area contributed by atoms with E-state index in [9.17, 15) is 14.4 Å². The number of ether oxygens (including phenoxy) is 2. The number of rotatable bonds is 10. The third kappa shape index (κ3) is 13.4. The van der Waals surface area contributed by atoms with E-state index in [1.807, 2.05) is 0 Å². The minimum Gasteiger partial charge on any atom is -0.481 e. The monoisotopic (exact) mass is 298 g/mol. The van der Waals surface area contributed by atoms with Crippen LogP contribution in [-0.4, -0.2) is 59.3 Å². The first-order valence-corrected chi connectivity index (χ1v) is 6.13. The molecule has 7 heteroatoms. The van der Waals surface area contributed by atoms with Crippen molar-refractivity contribution in [3.8, 4) is 0 Å². The molecule has 1 N–H and O–H groups in total. The van der Waals surface area contributed by atoms with Gasteiger partial charge in [-0.1, -0.05) is 13.0 Å². The lowest BCUT2D eigenvalue weighted by Crippen LogP contribution is -2.14. The lowest BCUT2D eigenvalue weighted by Gasteiger charge is -2.06. The van der Waals surface area contributed by atoms with Gasteiger partial charge in [-0.05, 0) is 19.8 Å². The predicted molar refractivity (Wildman–Crippen MR) is 76.0 cm³/mol. The van der Waals surface area contributed by atoms with Gasteiger partial charge >= 0.3 is 41.0 Å². The Hall–Kier alpha value is -1.08. The van der Waals surface area contributed by atoms with Gasteiger partial charge in [-0.15, -0.1) is 0 Å². The van der Waals surface area contributed by atoms with Crippen LogP contribution in [0.15, 0.2) is 12.2 Å². The first-order chi connectivity index (χ1) is 8.93. The van der Waals surface area contributed by atoms with Crippen LogP contribution >= 0.6 is 0 Å². The molecule has 0 aromatic heterocycles. The Balaban J connectivity index is 0. The molecule has 0 saturated heterocycles. The molecule has 0 radical (unpaired) electrons. The maximum absolute atomic E-state index is 11.2. The Kier molecular flexibility index (Phi) is 13.7. The van der Waals surface area contributed by atoms with Crippen LogP contribution < -0.4 is 0 Å². The topological polar surface area (TPSA) is 89.9 Å². The Bertz CT molecular complexity index is 340. The van der Waals surface area contributed by atoms with Crippen molar-refractivity contribution in [3.05, 3.63) is 12.2 Å². The molecule has 0 heterocycles. The van der Waals surface area contributed by atoms with Crippen molar-refractivity contribution in [3.63, 3.8) is 0 Å². The van der Waals surface area contributed by atoms with Crippen molar-refractivity contribution in [2.45, 2.75) is 39.0 Å². The van der Waals surface area contributed by atoms with E-state index in [0.717, 1.165) is 0 Å². The first-order valence-electron chi connectivity index (χ1n) is 6.13. The van der Waals surface area contributed by atoms with Crippen LogP contribution in [0.2, 0.25) is 0 Å². The average molecular weight is 299 g/mol. The Labute approximate surface area is 134 Å². The molecule has 0 spiro atoms. The van der Waals surface area contributed by atoms with Crippen LogP contribution in [-0.2, 0) is 23.9 Å². The summed E-state index contributed by atoms with van der Waals surface area (Å²) in [4.78, 5) is 32.4. The maximum atomic E-state index is 11.2. The van der Waals surface area contributed by atoms with E-state index >= 15 is 0 Å². The molecule has 0 fully saturated rings. The normalized spacial score (nSPS) is 9.25. The lowest BCUT2D eigenvalue weighted by atomic mass is 10.1. The number of carbonyl (C=O) groups excluding carboxylic acids is 2. The standard InChI is InChI=1S/C13H20O6.Mg.2H/c1-10(2)13(17)19-9-8-18-12(16)7-5-3-4-6-11(14)15;;;/h1,3-9H2,2H3,(H,14,15);;;. The number of esters is 2. The zero-order valence-electron chi connectivity index (χ0n) is 11.1. The van der Waals surface area contributed by atoms with Gasteiger partial charge in [-0.3, -0.25) is 9.59 Å². The van der Waals surface area contributed by atoms with E-state index in [0.29, 0.717) is 24.8 Å². The molecule has 0 aromatic carbocycles. The largest absolute Gasteiger partial charge is 0.481 e. The summed E-state index contributed by atoms with van der Waals surface area (Å²) in [6.07, 6.45) is 2.18. The summed E-state index contributed by atoms with van der Waals surface area (Å²) >= 11 is 0. The molecular weight excluding hydrogens is 276 g/mol. The fourth-order valence-electron chi connectivity index (χ4n) is 1.21. The fourth-order valence-corrected chi connectivity index (χ4v) is 1.21. The predicted octanol–water partition coefficient (Wildman–Crippen LogP) is 0.768. The molecule has 0 aromatic rings. The van der Waals surface area contributed by atoms with Crippen molar-refractivity contribution in [2.24, 2.45) is 0 Å². The second kappa shape index (κ2) is 12.9. The summed E-state index contributed by atoms with van der Waals surface area (Å²) < 4.78 is 9.58. The van der Waals surface area contributed by atoms with Crippen molar-refractivity contribution in [1.82, 2.24) is 0 Å². The Morgan fingerprint density at radius 2 is 1.55 bits per heavy atom. The highest BCUT2D eigenvalue weighted by atomic mass is 24.3. The molecule has 0 rings (SSSR count). The fraction of sp³-hybridized carbons (Fsp3) is 0.615. The third-order valence-electron chi connectivity index (χ3n) is 2.20. The number of hydrogen-bond acceptors (Lipinski definition) is 5. The van der Waals surface area contributed by atoms with Gasteiger partial charge in [0.25, 0.3) is 0 Å². The molecule has 20 heavy (non-hydrogen) atoms. The number of carboxylic acids is 1. The first kappa shape index (κ1) is 21.2. The van der Waals surface area contributed by atoms with Crippen LogP contribution in [0.5, 0.6) is 0 Å². The minimum atomic E-state index is -0.832. The number of carboxylic acid groups (broad SMARTS) is 1. The summed E-state index contributed by atoms with van der Waals surface area (Å²) in [6, 6.07) is 0. The highest BCUT2D eigenvalue weighted by Gasteiger charge is 2.05. The van der Waals surface area contributed by atoms with E-state index in [1.54, 1.807) is 0 Å². The molecule has 112 valence electrons. The van der Waals surface area contributed by atoms with Crippen LogP contribution in [0.1, 0.15) is 39.0 Å². The number of hydrogen-bond donors (Lipinski definition) is 1. The Morgan fingerprint density at radius 3 is 2.10 bits per heavy atom. The summed E-state index contributed by atoms with van der Waals surface area (Å²) in [6.45, 7) is 4.98. The van der Waals surface area contributed by atoms with Crippen LogP contribution in [0.3, 0.4) is 0 Å². The SMILES string of the molecule is C=C(C)C(=O)OCCOC(=O)CCCCCC(=O)O.[MgH2]. The van der Waals surface area contributed by atoms with E-state index < -0.39 is 11.9 Å². The van der Waals surface area contributed by atoms with Crippen molar-refractivity contribution in [1.29, 1.82) is 0 Å². The molecule has 0 atom stereocenters. The van der Waals surface area contributed by atoms with Gasteiger partial charge in [-0.2, -0.15) is 0 Å². The van der Waals surface area contributed by atoms with Crippen molar-refractivity contribution >= 4 is 41.0 Å². The highest BCUT2D eigenvalue weighted by Crippen LogP contribution is 2.04. The summed E-state index contributed by atoms with van der Waals surface area (Å²) in [7, 11) is 0. The molecular formula is C13H22MgO6. The molecule has 0 saturated carbocycles. The van der Waals surface area contributed by atoms with Crippen LogP contribution in [0.4, 0.5) is 0 Å². The van der Waals surface area contributed by atoms with E-state index in [4.69, 9.17) is 14.6 Å². The highest BCUT2D eigenvalue weighted by molar-refractivity contribution is 5.86. The average Bonchev–Trinajstić information content (AvgIpc) is 2.33. The minimum absolute atomic E-state index is 0. The van der Waals surface area contributed by atoms with Gasteiger partial charge in [0.1, 0.15) is 13.2 Å². The summed E-state index contributed by atoms with van der Waals surface area (Å²) in [5.74, 6) is -1.71. The van der Waals surface area contributed by atoms with Crippen molar-refractivity contribution in [2.75, 3.05) is 13.2 Å². The molecule has 0 bridgehead atoms. The van der Waals surface area contributed by atoms with Gasteiger partial charge < -0.3 is 14.6 Å². The van der Waals surface area contributed by atoms with Gasteiger partial charge in [0.15, 0.2) is 0 Å². The summed E-state index contributed by atoms with van der Waals surface area (Å²) in [5, 5.41) is 8.41. The number of carbonyl (C=O) groups is 3. The second-order valence-electron chi connectivity index (χ2n) is 4.09. The van der Waals surface area contributed by atoms with Crippen molar-refractivity contribution < 1.29 is 29.0 Å². The quantitative estimate of drug-likeness (QED) is 0.277. The second-order valence-corrected chi connectivity index (χ2v) is 4.09. The molecule has 6 nitrogen and oxygen atoms in total. The molecule has 0 unspecified atom stereocenters. The molecule has 0 aliphatic rings. The lowest BCUT2D eigenvalue weighted by molar-refractivity contribution is -0.150. The number of aliphatic carboxylic acids is 1. The zero-order chi connectivity index (χ0) is 14.7. The Morgan fingerprint density at radius 1 is 1.00 bits per heavy atom. The maximum Gasteiger partial charge on any atom is 0.333 e. The van der Waals surface area contributed by atoms with E-state index in [1.165, 1.54) is 6.92 Å². The molecule has 0 aliphatic carbocycles. The smallest absolute Gasteiger partial charge is 0.333 e. The van der Waals surface area contributed by atoms with Gasteiger partial charge in [0.2, 0.25) is 0 Å². The van der Waals surface area contributed by atoms with Crippen LogP contribution in [0, 0.1) is 0 Å². The molecule has 0 aliphatic heterocycles. The molecule has 0 amide bonds. The van der Waals surface area contributed by atoms with Gasteiger partial charge in [0, 0.05) is 18.4 Å². The van der Waals surface area contributed by atoms with Gasteiger partial charge in [-0.25, -0.2) is 4.79 Å². The summed E-state index contributed by atoms with van der Waals surface area (Å²) in [5.41, 5.74) is 0.296. The zero-order valence-corrected chi connectivity index (χ0v) is 11.1. The van der Waals surface area contributed by atoms with E-state index in [2.05, 4.69) is 6.58 Å².